The number of nitrogens with zero attached hydrogens (tertiary/aromatic N) is 2. The Balaban J connectivity index is 1.65. The van der Waals surface area contributed by atoms with E-state index in [-0.39, 0.29) is 23.2 Å². The van der Waals surface area contributed by atoms with Gasteiger partial charge in [-0.05, 0) is 60.6 Å². The Hall–Kier alpha value is -2.54. The van der Waals surface area contributed by atoms with Crippen molar-refractivity contribution in [2.75, 3.05) is 5.75 Å². The Morgan fingerprint density at radius 1 is 1.10 bits per heavy atom. The predicted octanol–water partition coefficient (Wildman–Crippen LogP) is 5.24. The molecule has 1 aromatic heterocycles. The molecule has 7 heteroatoms. The summed E-state index contributed by atoms with van der Waals surface area (Å²) in [6, 6.07) is 7.28. The fraction of sp³-hybridized carbons (Fsp3) is 0.458. The van der Waals surface area contributed by atoms with Gasteiger partial charge in [0.2, 0.25) is 0 Å². The van der Waals surface area contributed by atoms with Crippen molar-refractivity contribution in [3.8, 4) is 0 Å². The number of benzene rings is 1. The first kappa shape index (κ1) is 23.1. The highest BCUT2D eigenvalue weighted by molar-refractivity contribution is 7.99. The van der Waals surface area contributed by atoms with Crippen molar-refractivity contribution in [3.63, 3.8) is 0 Å². The van der Waals surface area contributed by atoms with Gasteiger partial charge in [0.15, 0.2) is 0 Å². The Bertz CT molecular complexity index is 945. The minimum absolute atomic E-state index is 0.0344. The lowest BCUT2D eigenvalue weighted by atomic mass is 9.73. The van der Waals surface area contributed by atoms with Crippen LogP contribution in [-0.2, 0) is 22.4 Å². The van der Waals surface area contributed by atoms with Crippen LogP contribution in [0, 0.1) is 23.0 Å². The molecule has 1 fully saturated rings. The number of rotatable bonds is 8. The molecule has 0 unspecified atom stereocenters. The first-order valence-corrected chi connectivity index (χ1v) is 11.7. The van der Waals surface area contributed by atoms with Gasteiger partial charge in [-0.25, -0.2) is 4.98 Å². The maximum absolute atomic E-state index is 13.1. The number of hydrogen-bond donors (Lipinski definition) is 0. The van der Waals surface area contributed by atoms with E-state index in [1.165, 1.54) is 29.6 Å². The van der Waals surface area contributed by atoms with E-state index in [2.05, 4.69) is 37.9 Å². The maximum Gasteiger partial charge on any atom is 0.287 e. The van der Waals surface area contributed by atoms with Gasteiger partial charge in [0.05, 0.1) is 9.95 Å². The number of aromatic nitrogens is 1. The van der Waals surface area contributed by atoms with Crippen molar-refractivity contribution in [1.82, 2.24) is 4.98 Å². The summed E-state index contributed by atoms with van der Waals surface area (Å²) in [5, 5.41) is 11.4. The average molecular weight is 441 g/mol. The molecule has 1 aliphatic rings. The smallest absolute Gasteiger partial charge is 0.287 e. The normalized spacial score (nSPS) is 18.9. The summed E-state index contributed by atoms with van der Waals surface area (Å²) in [5.74, 6) is 0.208. The van der Waals surface area contributed by atoms with Crippen molar-refractivity contribution in [2.24, 2.45) is 5.92 Å². The zero-order valence-electron chi connectivity index (χ0n) is 18.2. The van der Waals surface area contributed by atoms with Crippen LogP contribution in [0.1, 0.15) is 61.3 Å². The summed E-state index contributed by atoms with van der Waals surface area (Å²) < 4.78 is 0. The van der Waals surface area contributed by atoms with Gasteiger partial charge >= 0.3 is 0 Å². The molecule has 2 aromatic rings. The first-order chi connectivity index (χ1) is 14.8. The quantitative estimate of drug-likeness (QED) is 0.241. The minimum Gasteiger partial charge on any atom is -0.299 e. The summed E-state index contributed by atoms with van der Waals surface area (Å²) in [4.78, 5) is 40.5. The molecule has 31 heavy (non-hydrogen) atoms. The number of Topliss-reactive ketones (excluding diaryl/α,β-unsaturated/α-hetero) is 2. The molecular weight excluding hydrogens is 412 g/mol. The van der Waals surface area contributed by atoms with Crippen LogP contribution in [0.4, 0.5) is 5.69 Å². The zero-order chi connectivity index (χ0) is 22.5. The lowest BCUT2D eigenvalue weighted by Gasteiger charge is -2.29. The third-order valence-electron chi connectivity index (χ3n) is 5.88. The van der Waals surface area contributed by atoms with Gasteiger partial charge in [0.1, 0.15) is 23.7 Å². The molecule has 1 heterocycles. The number of carbonyl (C=O) groups excluding carboxylic acids is 2. The molecule has 0 bridgehead atoms. The van der Waals surface area contributed by atoms with E-state index in [4.69, 9.17) is 0 Å². The maximum atomic E-state index is 13.1. The Labute approximate surface area is 187 Å². The third-order valence-corrected chi connectivity index (χ3v) is 6.85. The van der Waals surface area contributed by atoms with Crippen LogP contribution < -0.4 is 0 Å². The summed E-state index contributed by atoms with van der Waals surface area (Å²) >= 11 is 1.49. The van der Waals surface area contributed by atoms with Gasteiger partial charge in [-0.15, -0.1) is 11.8 Å². The van der Waals surface area contributed by atoms with Crippen LogP contribution >= 0.6 is 11.8 Å². The molecule has 0 amide bonds. The Morgan fingerprint density at radius 3 is 2.19 bits per heavy atom. The molecule has 164 valence electrons. The van der Waals surface area contributed by atoms with Crippen molar-refractivity contribution >= 4 is 29.0 Å². The van der Waals surface area contributed by atoms with E-state index >= 15 is 0 Å². The molecule has 1 saturated carbocycles. The Morgan fingerprint density at radius 2 is 1.71 bits per heavy atom. The van der Waals surface area contributed by atoms with Crippen LogP contribution in [0.15, 0.2) is 35.5 Å². The van der Waals surface area contributed by atoms with Crippen LogP contribution in [0.2, 0.25) is 0 Å². The average Bonchev–Trinajstić information content (AvgIpc) is 2.74. The number of hydrogen-bond acceptors (Lipinski definition) is 6. The van der Waals surface area contributed by atoms with E-state index in [1.807, 2.05) is 0 Å². The third kappa shape index (κ3) is 5.39. The highest BCUT2D eigenvalue weighted by Crippen LogP contribution is 2.37. The second kappa shape index (κ2) is 10.2. The highest BCUT2D eigenvalue weighted by Gasteiger charge is 2.38. The van der Waals surface area contributed by atoms with Gasteiger partial charge in [0.25, 0.3) is 5.69 Å². The van der Waals surface area contributed by atoms with E-state index in [0.29, 0.717) is 23.6 Å². The molecular formula is C24H28N2O4S. The SMILES string of the molecule is CCc1cc(C)cc(CC)c1C1C(=O)CC(CCSc2ccc([N+](=O)[O-])cn2)CC1=O. The predicted molar refractivity (Wildman–Crippen MR) is 122 cm³/mol. The van der Waals surface area contributed by atoms with Crippen LogP contribution in [0.3, 0.4) is 0 Å². The summed E-state index contributed by atoms with van der Waals surface area (Å²) in [6.45, 7) is 6.20. The number of aryl methyl sites for hydroxylation is 3. The van der Waals surface area contributed by atoms with E-state index in [9.17, 15) is 19.7 Å². The van der Waals surface area contributed by atoms with Gasteiger partial charge in [-0.1, -0.05) is 31.5 Å². The fourth-order valence-corrected chi connectivity index (χ4v) is 5.34. The standard InChI is InChI=1S/C24H28N2O4S/c1-4-17-10-15(3)11-18(5-2)23(17)24-20(27)12-16(13-21(24)28)8-9-31-22-7-6-19(14-25-22)26(29)30/h6-7,10-11,14,16,24H,4-5,8-9,12-13H2,1-3H3. The first-order valence-electron chi connectivity index (χ1n) is 10.7. The fourth-order valence-electron chi connectivity index (χ4n) is 4.39. The van der Waals surface area contributed by atoms with E-state index < -0.39 is 10.8 Å². The molecule has 3 rings (SSSR count). The molecule has 0 radical (unpaired) electrons. The summed E-state index contributed by atoms with van der Waals surface area (Å²) in [5.41, 5.74) is 4.31. The number of nitro groups is 1. The number of ketones is 2. The number of carbonyl (C=O) groups is 2. The number of thioether (sulfide) groups is 1. The molecule has 0 atom stereocenters. The molecule has 1 aliphatic carbocycles. The second-order valence-corrected chi connectivity index (χ2v) is 9.21. The second-order valence-electron chi connectivity index (χ2n) is 8.09. The molecule has 1 aromatic carbocycles. The van der Waals surface area contributed by atoms with E-state index in [0.717, 1.165) is 36.0 Å². The summed E-state index contributed by atoms with van der Waals surface area (Å²) in [7, 11) is 0. The molecule has 0 spiro atoms. The van der Waals surface area contributed by atoms with Gasteiger partial charge in [0, 0.05) is 18.9 Å². The highest BCUT2D eigenvalue weighted by atomic mass is 32.2. The zero-order valence-corrected chi connectivity index (χ0v) is 19.0. The Kier molecular flexibility index (Phi) is 7.59. The molecule has 0 saturated heterocycles. The largest absolute Gasteiger partial charge is 0.299 e. The lowest BCUT2D eigenvalue weighted by molar-refractivity contribution is -0.385. The number of pyridine rings is 1. The van der Waals surface area contributed by atoms with Crippen molar-refractivity contribution in [2.45, 2.75) is 63.8 Å². The van der Waals surface area contributed by atoms with Gasteiger partial charge in [-0.3, -0.25) is 19.7 Å². The van der Waals surface area contributed by atoms with Crippen molar-refractivity contribution < 1.29 is 14.5 Å². The van der Waals surface area contributed by atoms with Gasteiger partial charge < -0.3 is 0 Å². The summed E-state index contributed by atoms with van der Waals surface area (Å²) in [6.07, 6.45) is 4.45. The minimum atomic E-state index is -0.620. The van der Waals surface area contributed by atoms with Crippen LogP contribution in [0.25, 0.3) is 0 Å². The molecule has 6 nitrogen and oxygen atoms in total. The molecule has 0 aliphatic heterocycles. The topological polar surface area (TPSA) is 90.2 Å². The van der Waals surface area contributed by atoms with Crippen molar-refractivity contribution in [1.29, 1.82) is 0 Å². The van der Waals surface area contributed by atoms with Crippen molar-refractivity contribution in [3.05, 3.63) is 62.8 Å². The van der Waals surface area contributed by atoms with Crippen LogP contribution in [0.5, 0.6) is 0 Å². The lowest BCUT2D eigenvalue weighted by Crippen LogP contribution is -2.33. The monoisotopic (exact) mass is 440 g/mol. The van der Waals surface area contributed by atoms with Crippen LogP contribution in [-0.4, -0.2) is 27.2 Å². The van der Waals surface area contributed by atoms with E-state index in [1.54, 1.807) is 6.07 Å². The molecule has 0 N–H and O–H groups in total. The van der Waals surface area contributed by atoms with Gasteiger partial charge in [-0.2, -0.15) is 0 Å².